The number of methoxy groups -OCH3 is 1. The molecule has 0 aliphatic rings. The standard InChI is InChI=1S/C15H20FN3O/c1-9-6-7-11(15(2,3)16)13(20-5)12(9)10-8-18-19(4)14(10)17/h6-8H,17H2,1-5H3. The van der Waals surface area contributed by atoms with Gasteiger partial charge in [0.2, 0.25) is 0 Å². The molecule has 2 aromatic rings. The Morgan fingerprint density at radius 3 is 2.45 bits per heavy atom. The molecule has 0 fully saturated rings. The highest BCUT2D eigenvalue weighted by Crippen LogP contribution is 2.43. The van der Waals surface area contributed by atoms with Gasteiger partial charge in [0.05, 0.1) is 13.3 Å². The largest absolute Gasteiger partial charge is 0.496 e. The molecule has 1 heterocycles. The third-order valence-corrected chi connectivity index (χ3v) is 3.46. The van der Waals surface area contributed by atoms with Crippen LogP contribution in [0.25, 0.3) is 11.1 Å². The Bertz CT molecular complexity index is 641. The first-order chi connectivity index (χ1) is 9.27. The second kappa shape index (κ2) is 4.81. The minimum Gasteiger partial charge on any atom is -0.496 e. The number of ether oxygens (including phenoxy) is 1. The lowest BCUT2D eigenvalue weighted by Gasteiger charge is -2.22. The molecular weight excluding hydrogens is 257 g/mol. The second-order valence-corrected chi connectivity index (χ2v) is 5.38. The van der Waals surface area contributed by atoms with Crippen LogP contribution in [0, 0.1) is 6.92 Å². The van der Waals surface area contributed by atoms with Gasteiger partial charge in [-0.3, -0.25) is 4.68 Å². The van der Waals surface area contributed by atoms with Crippen molar-refractivity contribution in [2.75, 3.05) is 12.8 Å². The molecule has 0 radical (unpaired) electrons. The molecule has 0 unspecified atom stereocenters. The van der Waals surface area contributed by atoms with Gasteiger partial charge in [-0.05, 0) is 26.3 Å². The summed E-state index contributed by atoms with van der Waals surface area (Å²) in [6, 6.07) is 3.63. The van der Waals surface area contributed by atoms with Crippen molar-refractivity contribution in [3.63, 3.8) is 0 Å². The molecule has 0 atom stereocenters. The Balaban J connectivity index is 2.78. The van der Waals surface area contributed by atoms with Gasteiger partial charge in [-0.15, -0.1) is 0 Å². The zero-order chi connectivity index (χ0) is 15.1. The molecular formula is C15H20FN3O. The van der Waals surface area contributed by atoms with Gasteiger partial charge in [0, 0.05) is 23.7 Å². The highest BCUT2D eigenvalue weighted by molar-refractivity contribution is 5.82. The number of nitrogens with two attached hydrogens (primary N) is 1. The van der Waals surface area contributed by atoms with Gasteiger partial charge >= 0.3 is 0 Å². The number of nitrogen functional groups attached to an aromatic ring is 1. The first-order valence-corrected chi connectivity index (χ1v) is 6.42. The molecule has 0 saturated carbocycles. The van der Waals surface area contributed by atoms with E-state index in [-0.39, 0.29) is 0 Å². The van der Waals surface area contributed by atoms with Crippen molar-refractivity contribution in [1.29, 1.82) is 0 Å². The van der Waals surface area contributed by atoms with E-state index in [0.717, 1.165) is 16.7 Å². The predicted octanol–water partition coefficient (Wildman–Crippen LogP) is 3.19. The third-order valence-electron chi connectivity index (χ3n) is 3.46. The molecule has 4 nitrogen and oxygen atoms in total. The van der Waals surface area contributed by atoms with E-state index in [2.05, 4.69) is 5.10 Å². The summed E-state index contributed by atoms with van der Waals surface area (Å²) in [6.45, 7) is 4.96. The fourth-order valence-corrected chi connectivity index (χ4v) is 2.34. The number of anilines is 1. The van der Waals surface area contributed by atoms with E-state index in [1.165, 1.54) is 13.8 Å². The molecule has 108 valence electrons. The Morgan fingerprint density at radius 1 is 1.35 bits per heavy atom. The predicted molar refractivity (Wildman–Crippen MR) is 78.5 cm³/mol. The zero-order valence-corrected chi connectivity index (χ0v) is 12.5. The monoisotopic (exact) mass is 277 g/mol. The first kappa shape index (κ1) is 14.4. The van der Waals surface area contributed by atoms with E-state index in [1.807, 2.05) is 13.0 Å². The number of aromatic nitrogens is 2. The van der Waals surface area contributed by atoms with Crippen molar-refractivity contribution in [2.45, 2.75) is 26.4 Å². The maximum atomic E-state index is 14.4. The topological polar surface area (TPSA) is 53.1 Å². The quantitative estimate of drug-likeness (QED) is 0.937. The summed E-state index contributed by atoms with van der Waals surface area (Å²) in [5, 5.41) is 4.14. The molecule has 1 aromatic carbocycles. The number of halogens is 1. The lowest BCUT2D eigenvalue weighted by atomic mass is 9.91. The van der Waals surface area contributed by atoms with Crippen molar-refractivity contribution in [1.82, 2.24) is 9.78 Å². The molecule has 20 heavy (non-hydrogen) atoms. The van der Waals surface area contributed by atoms with Crippen molar-refractivity contribution in [2.24, 2.45) is 7.05 Å². The molecule has 5 heteroatoms. The first-order valence-electron chi connectivity index (χ1n) is 6.42. The van der Waals surface area contributed by atoms with Crippen molar-refractivity contribution < 1.29 is 9.13 Å². The lowest BCUT2D eigenvalue weighted by molar-refractivity contribution is 0.213. The fourth-order valence-electron chi connectivity index (χ4n) is 2.34. The third kappa shape index (κ3) is 2.24. The lowest BCUT2D eigenvalue weighted by Crippen LogP contribution is -2.12. The van der Waals surface area contributed by atoms with E-state index in [9.17, 15) is 4.39 Å². The van der Waals surface area contributed by atoms with E-state index >= 15 is 0 Å². The van der Waals surface area contributed by atoms with Gasteiger partial charge in [0.1, 0.15) is 17.2 Å². The number of hydrogen-bond acceptors (Lipinski definition) is 3. The molecule has 2 rings (SSSR count). The SMILES string of the molecule is COc1c(C(C)(C)F)ccc(C)c1-c1cnn(C)c1N. The molecule has 0 bridgehead atoms. The minimum atomic E-state index is -1.50. The smallest absolute Gasteiger partial charge is 0.134 e. The van der Waals surface area contributed by atoms with Crippen LogP contribution < -0.4 is 10.5 Å². The van der Waals surface area contributed by atoms with E-state index in [4.69, 9.17) is 10.5 Å². The van der Waals surface area contributed by atoms with E-state index in [1.54, 1.807) is 31.1 Å². The average molecular weight is 277 g/mol. The van der Waals surface area contributed by atoms with Crippen LogP contribution >= 0.6 is 0 Å². The van der Waals surface area contributed by atoms with Crippen LogP contribution in [0.4, 0.5) is 10.2 Å². The van der Waals surface area contributed by atoms with Crippen molar-refractivity contribution in [3.8, 4) is 16.9 Å². The summed E-state index contributed by atoms with van der Waals surface area (Å²) in [5.41, 5.74) is 7.56. The van der Waals surface area contributed by atoms with Crippen molar-refractivity contribution >= 4 is 5.82 Å². The summed E-state index contributed by atoms with van der Waals surface area (Å²) >= 11 is 0. The second-order valence-electron chi connectivity index (χ2n) is 5.38. The molecule has 2 N–H and O–H groups in total. The van der Waals surface area contributed by atoms with Gasteiger partial charge in [-0.25, -0.2) is 4.39 Å². The number of hydrogen-bond donors (Lipinski definition) is 1. The maximum absolute atomic E-state index is 14.4. The van der Waals surface area contributed by atoms with E-state index < -0.39 is 5.67 Å². The molecule has 1 aromatic heterocycles. The molecule has 0 amide bonds. The number of aryl methyl sites for hydroxylation is 2. The Morgan fingerprint density at radius 2 is 2.00 bits per heavy atom. The zero-order valence-electron chi connectivity index (χ0n) is 12.5. The normalized spacial score (nSPS) is 11.7. The Kier molecular flexibility index (Phi) is 3.46. The Hall–Kier alpha value is -2.04. The van der Waals surface area contributed by atoms with Crippen LogP contribution in [-0.4, -0.2) is 16.9 Å². The van der Waals surface area contributed by atoms with Gasteiger partial charge in [0.15, 0.2) is 0 Å². The maximum Gasteiger partial charge on any atom is 0.134 e. The summed E-state index contributed by atoms with van der Waals surface area (Å²) in [4.78, 5) is 0. The fraction of sp³-hybridized carbons (Fsp3) is 0.400. The van der Waals surface area contributed by atoms with Crippen molar-refractivity contribution in [3.05, 3.63) is 29.5 Å². The van der Waals surface area contributed by atoms with Crippen LogP contribution in [-0.2, 0) is 12.7 Å². The molecule has 0 aliphatic heterocycles. The summed E-state index contributed by atoms with van der Waals surface area (Å²) in [6.07, 6.45) is 1.68. The summed E-state index contributed by atoms with van der Waals surface area (Å²) < 4.78 is 21.4. The number of nitrogens with zero attached hydrogens (tertiary/aromatic N) is 2. The van der Waals surface area contributed by atoms with E-state index in [0.29, 0.717) is 17.1 Å². The summed E-state index contributed by atoms with van der Waals surface area (Å²) in [7, 11) is 3.31. The van der Waals surface area contributed by atoms with Crippen LogP contribution in [0.15, 0.2) is 18.3 Å². The molecule has 0 aliphatic carbocycles. The molecule has 0 saturated heterocycles. The van der Waals surface area contributed by atoms with Gasteiger partial charge in [-0.2, -0.15) is 5.10 Å². The number of benzene rings is 1. The summed E-state index contributed by atoms with van der Waals surface area (Å²) in [5.74, 6) is 1.04. The average Bonchev–Trinajstić information content (AvgIpc) is 2.68. The van der Waals surface area contributed by atoms with Crippen LogP contribution in [0.1, 0.15) is 25.0 Å². The minimum absolute atomic E-state index is 0.504. The van der Waals surface area contributed by atoms with Crippen LogP contribution in [0.3, 0.4) is 0 Å². The van der Waals surface area contributed by atoms with Crippen LogP contribution in [0.2, 0.25) is 0 Å². The highest BCUT2D eigenvalue weighted by Gasteiger charge is 2.27. The van der Waals surface area contributed by atoms with Gasteiger partial charge in [-0.1, -0.05) is 12.1 Å². The molecule has 0 spiro atoms. The highest BCUT2D eigenvalue weighted by atomic mass is 19.1. The van der Waals surface area contributed by atoms with Gasteiger partial charge < -0.3 is 10.5 Å². The number of rotatable bonds is 3. The van der Waals surface area contributed by atoms with Gasteiger partial charge in [0.25, 0.3) is 0 Å². The van der Waals surface area contributed by atoms with Crippen LogP contribution in [0.5, 0.6) is 5.75 Å². The number of alkyl halides is 1. The Labute approximate surface area is 118 Å².